The van der Waals surface area contributed by atoms with E-state index in [1.165, 1.54) is 0 Å². The van der Waals surface area contributed by atoms with E-state index in [-0.39, 0.29) is 10.7 Å². The summed E-state index contributed by atoms with van der Waals surface area (Å²) >= 11 is 11.9. The first-order chi connectivity index (χ1) is 12.2. The molecule has 0 fully saturated rings. The lowest BCUT2D eigenvalue weighted by Crippen LogP contribution is -2.15. The van der Waals surface area contributed by atoms with E-state index in [0.717, 1.165) is 5.56 Å². The Kier molecular flexibility index (Phi) is 5.27. The van der Waals surface area contributed by atoms with Crippen LogP contribution in [0, 0.1) is 13.8 Å². The van der Waals surface area contributed by atoms with E-state index in [1.54, 1.807) is 55.1 Å². The first-order valence-corrected chi connectivity index (χ1v) is 10.1. The van der Waals surface area contributed by atoms with Crippen molar-refractivity contribution in [3.63, 3.8) is 0 Å². The average Bonchev–Trinajstić information content (AvgIpc) is 2.99. The smallest absolute Gasteiger partial charge is 0.263 e. The van der Waals surface area contributed by atoms with E-state index in [2.05, 4.69) is 9.82 Å². The third kappa shape index (κ3) is 4.20. The lowest BCUT2D eigenvalue weighted by Gasteiger charge is -2.10. The van der Waals surface area contributed by atoms with E-state index >= 15 is 0 Å². The van der Waals surface area contributed by atoms with Crippen LogP contribution in [-0.2, 0) is 16.6 Å². The van der Waals surface area contributed by atoms with Crippen molar-refractivity contribution < 1.29 is 8.42 Å². The van der Waals surface area contributed by atoms with Crippen LogP contribution in [0.15, 0.2) is 53.6 Å². The Morgan fingerprint density at radius 3 is 2.42 bits per heavy atom. The van der Waals surface area contributed by atoms with Gasteiger partial charge in [0.15, 0.2) is 5.82 Å². The number of aromatic nitrogens is 2. The minimum absolute atomic E-state index is 0.187. The third-order valence-corrected chi connectivity index (χ3v) is 6.04. The van der Waals surface area contributed by atoms with Crippen molar-refractivity contribution in [1.82, 2.24) is 9.78 Å². The molecule has 136 valence electrons. The molecule has 26 heavy (non-hydrogen) atoms. The molecule has 0 saturated carbocycles. The van der Waals surface area contributed by atoms with Crippen LogP contribution in [0.3, 0.4) is 0 Å². The van der Waals surface area contributed by atoms with Crippen molar-refractivity contribution in [2.24, 2.45) is 0 Å². The van der Waals surface area contributed by atoms with Crippen molar-refractivity contribution in [2.45, 2.75) is 25.3 Å². The number of halogens is 2. The summed E-state index contributed by atoms with van der Waals surface area (Å²) in [4.78, 5) is 0.187. The fraction of sp³-hybridized carbons (Fsp3) is 0.167. The predicted octanol–water partition coefficient (Wildman–Crippen LogP) is 4.66. The fourth-order valence-electron chi connectivity index (χ4n) is 2.52. The van der Waals surface area contributed by atoms with Gasteiger partial charge in [-0.3, -0.25) is 9.40 Å². The Balaban J connectivity index is 1.80. The monoisotopic (exact) mass is 409 g/mol. The van der Waals surface area contributed by atoms with Crippen LogP contribution in [0.25, 0.3) is 0 Å². The zero-order chi connectivity index (χ0) is 18.9. The molecule has 1 heterocycles. The van der Waals surface area contributed by atoms with Gasteiger partial charge >= 0.3 is 0 Å². The standard InChI is InChI=1S/C18H17Cl2N3O2S/c1-12-10-17(13(2)9-16(12)20)26(24,25)22-18-7-8-23(21-18)11-14-3-5-15(19)6-4-14/h3-10H,11H2,1-2H3,(H,21,22). The number of sulfonamides is 1. The summed E-state index contributed by atoms with van der Waals surface area (Å²) in [5.41, 5.74) is 2.29. The lowest BCUT2D eigenvalue weighted by molar-refractivity contribution is 0.600. The molecule has 8 heteroatoms. The fourth-order valence-corrected chi connectivity index (χ4v) is 4.17. The molecule has 0 spiro atoms. The van der Waals surface area contributed by atoms with Gasteiger partial charge in [0, 0.05) is 22.3 Å². The van der Waals surface area contributed by atoms with Crippen LogP contribution < -0.4 is 4.72 Å². The van der Waals surface area contributed by atoms with Gasteiger partial charge in [-0.15, -0.1) is 0 Å². The van der Waals surface area contributed by atoms with Crippen molar-refractivity contribution >= 4 is 39.0 Å². The highest BCUT2D eigenvalue weighted by Gasteiger charge is 2.19. The SMILES string of the molecule is Cc1cc(S(=O)(=O)Nc2ccn(Cc3ccc(Cl)cc3)n2)c(C)cc1Cl. The quantitative estimate of drug-likeness (QED) is 0.666. The summed E-state index contributed by atoms with van der Waals surface area (Å²) in [6.07, 6.45) is 1.71. The second-order valence-electron chi connectivity index (χ2n) is 6.00. The molecule has 3 rings (SSSR count). The Hall–Kier alpha value is -2.02. The predicted molar refractivity (Wildman–Crippen MR) is 105 cm³/mol. The minimum Gasteiger partial charge on any atom is -0.266 e. The summed E-state index contributed by atoms with van der Waals surface area (Å²) in [7, 11) is -3.75. The maximum absolute atomic E-state index is 12.7. The van der Waals surface area contributed by atoms with Crippen LogP contribution in [0.4, 0.5) is 5.82 Å². The summed E-state index contributed by atoms with van der Waals surface area (Å²) in [6.45, 7) is 3.98. The molecule has 1 N–H and O–H groups in total. The van der Waals surface area contributed by atoms with E-state index < -0.39 is 10.0 Å². The largest absolute Gasteiger partial charge is 0.266 e. The van der Waals surface area contributed by atoms with Gasteiger partial charge in [-0.1, -0.05) is 35.3 Å². The molecule has 3 aromatic rings. The second kappa shape index (κ2) is 7.31. The molecule has 0 aliphatic carbocycles. The first kappa shape index (κ1) is 18.8. The maximum Gasteiger partial charge on any atom is 0.263 e. The van der Waals surface area contributed by atoms with Crippen LogP contribution in [0.2, 0.25) is 10.0 Å². The minimum atomic E-state index is -3.75. The lowest BCUT2D eigenvalue weighted by atomic mass is 10.2. The number of nitrogens with one attached hydrogen (secondary N) is 1. The summed E-state index contributed by atoms with van der Waals surface area (Å²) < 4.78 is 29.5. The van der Waals surface area contributed by atoms with Gasteiger partial charge in [0.25, 0.3) is 10.0 Å². The van der Waals surface area contributed by atoms with Crippen molar-refractivity contribution in [3.05, 3.63) is 75.4 Å². The molecular weight excluding hydrogens is 393 g/mol. The van der Waals surface area contributed by atoms with E-state index in [1.807, 2.05) is 12.1 Å². The topological polar surface area (TPSA) is 64.0 Å². The van der Waals surface area contributed by atoms with Gasteiger partial charge < -0.3 is 0 Å². The number of anilines is 1. The Labute approximate surface area is 162 Å². The van der Waals surface area contributed by atoms with E-state index in [9.17, 15) is 8.42 Å². The van der Waals surface area contributed by atoms with Gasteiger partial charge in [-0.25, -0.2) is 8.42 Å². The highest BCUT2D eigenvalue weighted by atomic mass is 35.5. The Morgan fingerprint density at radius 2 is 1.73 bits per heavy atom. The molecule has 0 aliphatic rings. The highest BCUT2D eigenvalue weighted by Crippen LogP contribution is 2.25. The van der Waals surface area contributed by atoms with Crippen LogP contribution >= 0.6 is 23.2 Å². The molecule has 5 nitrogen and oxygen atoms in total. The number of benzene rings is 2. The normalized spacial score (nSPS) is 11.5. The van der Waals surface area contributed by atoms with Gasteiger partial charge in [-0.05, 0) is 54.8 Å². The average molecular weight is 410 g/mol. The van der Waals surface area contributed by atoms with Crippen molar-refractivity contribution in [3.8, 4) is 0 Å². The van der Waals surface area contributed by atoms with Gasteiger partial charge in [0.1, 0.15) is 0 Å². The zero-order valence-corrected chi connectivity index (χ0v) is 16.5. The maximum atomic E-state index is 12.7. The molecule has 0 unspecified atom stereocenters. The van der Waals surface area contributed by atoms with Crippen LogP contribution in [-0.4, -0.2) is 18.2 Å². The molecular formula is C18H17Cl2N3O2S. The number of nitrogens with zero attached hydrogens (tertiary/aromatic N) is 2. The van der Waals surface area contributed by atoms with Crippen molar-refractivity contribution in [2.75, 3.05) is 4.72 Å². The number of rotatable bonds is 5. The molecule has 1 aromatic heterocycles. The molecule has 0 saturated heterocycles. The molecule has 0 aliphatic heterocycles. The molecule has 0 bridgehead atoms. The van der Waals surface area contributed by atoms with Gasteiger partial charge in [0.05, 0.1) is 11.4 Å². The Bertz CT molecular complexity index is 1040. The van der Waals surface area contributed by atoms with Crippen LogP contribution in [0.1, 0.15) is 16.7 Å². The Morgan fingerprint density at radius 1 is 1.04 bits per heavy atom. The van der Waals surface area contributed by atoms with Gasteiger partial charge in [-0.2, -0.15) is 5.10 Å². The molecule has 0 radical (unpaired) electrons. The first-order valence-electron chi connectivity index (χ1n) is 7.82. The van der Waals surface area contributed by atoms with E-state index in [0.29, 0.717) is 27.7 Å². The zero-order valence-electron chi connectivity index (χ0n) is 14.2. The molecule has 0 amide bonds. The molecule has 2 aromatic carbocycles. The number of aryl methyl sites for hydroxylation is 2. The second-order valence-corrected chi connectivity index (χ2v) is 8.49. The summed E-state index contributed by atoms with van der Waals surface area (Å²) in [5, 5.41) is 5.47. The summed E-state index contributed by atoms with van der Waals surface area (Å²) in [6, 6.07) is 12.2. The highest BCUT2D eigenvalue weighted by molar-refractivity contribution is 7.92. The van der Waals surface area contributed by atoms with Gasteiger partial charge in [0.2, 0.25) is 0 Å². The number of hydrogen-bond acceptors (Lipinski definition) is 3. The summed E-state index contributed by atoms with van der Waals surface area (Å²) in [5.74, 6) is 0.256. The number of hydrogen-bond donors (Lipinski definition) is 1. The molecule has 0 atom stereocenters. The van der Waals surface area contributed by atoms with Crippen molar-refractivity contribution in [1.29, 1.82) is 0 Å². The third-order valence-electron chi connectivity index (χ3n) is 3.88. The van der Waals surface area contributed by atoms with Crippen LogP contribution in [0.5, 0.6) is 0 Å². The van der Waals surface area contributed by atoms with E-state index in [4.69, 9.17) is 23.2 Å².